The molecule has 67 heavy (non-hydrogen) atoms. The highest BCUT2D eigenvalue weighted by molar-refractivity contribution is 7.86. The molecule has 0 aliphatic carbocycles. The second-order valence-corrected chi connectivity index (χ2v) is 20.9. The van der Waals surface area contributed by atoms with Gasteiger partial charge in [0.2, 0.25) is 7.14 Å². The predicted octanol–water partition coefficient (Wildman–Crippen LogP) is 15.1. The zero-order valence-electron chi connectivity index (χ0n) is 36.8. The number of benzene rings is 8. The quantitative estimate of drug-likeness (QED) is 0.0902. The van der Waals surface area contributed by atoms with E-state index in [0.29, 0.717) is 11.5 Å². The monoisotopic (exact) mass is 923 g/mol. The molecule has 0 radical (unpaired) electrons. The number of nitrogens with zero attached hydrogens (tertiary/aromatic N) is 2. The summed E-state index contributed by atoms with van der Waals surface area (Å²) in [5, 5.41) is 2.43. The minimum atomic E-state index is -3.46. The van der Waals surface area contributed by atoms with Gasteiger partial charge >= 0.3 is 0 Å². The second-order valence-electron chi connectivity index (χ2n) is 16.1. The van der Waals surface area contributed by atoms with E-state index in [4.69, 9.17) is 9.47 Å². The third-order valence-electron chi connectivity index (χ3n) is 12.2. The highest BCUT2D eigenvalue weighted by Gasteiger charge is 2.52. The minimum Gasteiger partial charge on any atom is -0.461 e. The third kappa shape index (κ3) is 7.61. The minimum absolute atomic E-state index is 0.685. The van der Waals surface area contributed by atoms with Crippen molar-refractivity contribution in [2.45, 2.75) is 0 Å². The molecule has 2 aromatic heterocycles. The van der Waals surface area contributed by atoms with Crippen molar-refractivity contribution in [2.75, 3.05) is 24.0 Å². The van der Waals surface area contributed by atoms with E-state index in [0.717, 1.165) is 92.2 Å². The van der Waals surface area contributed by atoms with Gasteiger partial charge < -0.3 is 19.3 Å². The van der Waals surface area contributed by atoms with Crippen LogP contribution in [0.4, 0.5) is 34.1 Å². The van der Waals surface area contributed by atoms with Crippen molar-refractivity contribution in [2.24, 2.45) is 0 Å². The molecule has 8 heteroatoms. The van der Waals surface area contributed by atoms with Crippen molar-refractivity contribution < 1.29 is 14.0 Å². The van der Waals surface area contributed by atoms with Crippen LogP contribution < -0.4 is 35.2 Å². The zero-order chi connectivity index (χ0) is 45.3. The molecular weight excluding hydrogens is 880 g/mol. The summed E-state index contributed by atoms with van der Waals surface area (Å²) in [5.74, 6) is 2.33. The van der Waals surface area contributed by atoms with Crippen molar-refractivity contribution >= 4 is 79.9 Å². The predicted molar refractivity (Wildman–Crippen MR) is 282 cm³/mol. The average Bonchev–Trinajstić information content (AvgIpc) is 4.06. The van der Waals surface area contributed by atoms with Gasteiger partial charge in [-0.1, -0.05) is 115 Å². The van der Waals surface area contributed by atoms with E-state index in [1.54, 1.807) is 36.9 Å². The van der Waals surface area contributed by atoms with Gasteiger partial charge in [0, 0.05) is 73.4 Å². The van der Waals surface area contributed by atoms with Crippen LogP contribution in [0.25, 0.3) is 20.9 Å². The first kappa shape index (κ1) is 42.1. The Balaban J connectivity index is 1.06. The molecule has 8 aromatic carbocycles. The number of anilines is 6. The van der Waals surface area contributed by atoms with E-state index in [1.165, 1.54) is 0 Å². The van der Waals surface area contributed by atoms with Crippen molar-refractivity contribution in [3.05, 3.63) is 252 Å². The molecule has 1 aliphatic rings. The Labute approximate surface area is 399 Å². The van der Waals surface area contributed by atoms with Gasteiger partial charge in [0.15, 0.2) is 17.1 Å². The van der Waals surface area contributed by atoms with Gasteiger partial charge in [-0.25, -0.2) is 0 Å². The van der Waals surface area contributed by atoms with Crippen LogP contribution in [0.5, 0.6) is 11.5 Å². The molecule has 0 saturated carbocycles. The lowest BCUT2D eigenvalue weighted by Gasteiger charge is -2.25. The summed E-state index contributed by atoms with van der Waals surface area (Å²) >= 11 is 3.34. The topological polar surface area (TPSA) is 42.0 Å². The smallest absolute Gasteiger partial charge is 0.232 e. The molecule has 5 nitrogen and oxygen atoms in total. The Bertz CT molecular complexity index is 3070. The molecule has 0 spiro atoms. The van der Waals surface area contributed by atoms with Gasteiger partial charge in [-0.3, -0.25) is 4.57 Å². The first-order chi connectivity index (χ1) is 33.0. The van der Waals surface area contributed by atoms with Crippen molar-refractivity contribution in [1.29, 1.82) is 0 Å². The Kier molecular flexibility index (Phi) is 11.3. The second kappa shape index (κ2) is 18.0. The first-order valence-electron chi connectivity index (χ1n) is 22.1. The maximum atomic E-state index is 16.7. The molecule has 0 N–H and O–H groups in total. The van der Waals surface area contributed by atoms with Crippen LogP contribution in [0.2, 0.25) is 0 Å². The molecule has 0 atom stereocenters. The highest BCUT2D eigenvalue weighted by Crippen LogP contribution is 2.59. The van der Waals surface area contributed by atoms with Crippen LogP contribution in [0.15, 0.2) is 231 Å². The summed E-state index contributed by atoms with van der Waals surface area (Å²) in [6.45, 7) is 0. The van der Waals surface area contributed by atoms with Crippen LogP contribution >= 0.6 is 29.8 Å². The maximum Gasteiger partial charge on any atom is 0.232 e. The molecule has 0 unspecified atom stereocenters. The summed E-state index contributed by atoms with van der Waals surface area (Å²) in [6.07, 6.45) is 0. The fourth-order valence-electron chi connectivity index (χ4n) is 9.10. The molecule has 10 aromatic rings. The summed E-state index contributed by atoms with van der Waals surface area (Å²) in [5.41, 5.74) is 9.30. The SMILES string of the molecule is COc1cccc(OC)c1[C+]1c2sc(-c3ccc(N(c4ccccc4)c4ccccc4)cc3)cc2P(=O)(c2ccccc2)c2cc(-c3ccc(N(c4ccccc4)c4ccccc4)cc3)sc21. The first-order valence-corrected chi connectivity index (χ1v) is 25.4. The zero-order valence-corrected chi connectivity index (χ0v) is 39.3. The third-order valence-corrected chi connectivity index (χ3v) is 18.0. The van der Waals surface area contributed by atoms with E-state index >= 15 is 4.57 Å². The van der Waals surface area contributed by atoms with Crippen LogP contribution in [-0.2, 0) is 4.57 Å². The van der Waals surface area contributed by atoms with Crippen molar-refractivity contribution in [3.8, 4) is 32.4 Å². The van der Waals surface area contributed by atoms with Crippen molar-refractivity contribution in [1.82, 2.24) is 0 Å². The molecule has 0 fully saturated rings. The number of fused-ring (bicyclic) bond motifs is 2. The lowest BCUT2D eigenvalue weighted by Crippen LogP contribution is -2.33. The molecule has 0 saturated heterocycles. The van der Waals surface area contributed by atoms with Crippen molar-refractivity contribution in [3.63, 3.8) is 0 Å². The molecule has 11 rings (SSSR count). The molecule has 324 valence electrons. The number of ether oxygens (including phenoxy) is 2. The van der Waals surface area contributed by atoms with Gasteiger partial charge in [-0.05, 0) is 102 Å². The Morgan fingerprint density at radius 3 is 1.07 bits per heavy atom. The maximum absolute atomic E-state index is 16.7. The fraction of sp³-hybridized carbons (Fsp3) is 0.0339. The van der Waals surface area contributed by atoms with Gasteiger partial charge in [-0.2, -0.15) is 0 Å². The van der Waals surface area contributed by atoms with E-state index < -0.39 is 7.14 Å². The van der Waals surface area contributed by atoms with Gasteiger partial charge in [0.25, 0.3) is 0 Å². The average molecular weight is 924 g/mol. The normalized spacial score (nSPS) is 12.5. The van der Waals surface area contributed by atoms with E-state index in [-0.39, 0.29) is 0 Å². The fourth-order valence-corrected chi connectivity index (χ4v) is 15.4. The van der Waals surface area contributed by atoms with Crippen LogP contribution in [0.1, 0.15) is 15.3 Å². The summed E-state index contributed by atoms with van der Waals surface area (Å²) in [6, 6.07) is 79.4. The Hall–Kier alpha value is -7.54. The van der Waals surface area contributed by atoms with Crippen LogP contribution in [-0.4, -0.2) is 14.2 Å². The van der Waals surface area contributed by atoms with Crippen LogP contribution in [0, 0.1) is 5.92 Å². The lowest BCUT2D eigenvalue weighted by atomic mass is 9.93. The summed E-state index contributed by atoms with van der Waals surface area (Å²) in [7, 11) is -0.0628. The number of hydrogen-bond acceptors (Lipinski definition) is 7. The number of para-hydroxylation sites is 4. The number of methoxy groups -OCH3 is 2. The lowest BCUT2D eigenvalue weighted by molar-refractivity contribution is 0.389. The van der Waals surface area contributed by atoms with Gasteiger partial charge in [0.05, 0.1) is 24.8 Å². The van der Waals surface area contributed by atoms with Gasteiger partial charge in [-0.15, -0.1) is 22.7 Å². The van der Waals surface area contributed by atoms with E-state index in [9.17, 15) is 0 Å². The van der Waals surface area contributed by atoms with E-state index in [1.807, 2.05) is 72.8 Å². The standard InChI is InChI=1S/C59H44N2O3PS2/c1-63-50-29-18-30-51(64-2)56(50)57-58-52(39-54(66-58)41-31-35-47(36-32-41)60(43-19-8-3-9-20-43)44-21-10-4-11-22-44)65(62,49-27-16-7-17-28-49)53-40-55(67-59(53)57)42-33-37-48(38-34-42)61(45-23-12-5-13-24-45)46-25-14-6-15-26-46/h3-40H,1-2H3/q+1. The number of rotatable bonds is 12. The summed E-state index contributed by atoms with van der Waals surface area (Å²) in [4.78, 5) is 8.47. The molecule has 3 heterocycles. The molecule has 0 amide bonds. The van der Waals surface area contributed by atoms with Crippen LogP contribution in [0.3, 0.4) is 0 Å². The number of hydrogen-bond donors (Lipinski definition) is 0. The Morgan fingerprint density at radius 1 is 0.403 bits per heavy atom. The largest absolute Gasteiger partial charge is 0.461 e. The number of thiophene rings is 2. The Morgan fingerprint density at radius 2 is 0.731 bits per heavy atom. The summed E-state index contributed by atoms with van der Waals surface area (Å²) < 4.78 is 29.0. The van der Waals surface area contributed by atoms with E-state index in [2.05, 4.69) is 168 Å². The van der Waals surface area contributed by atoms with Gasteiger partial charge in [0.1, 0.15) is 15.7 Å². The molecular formula is C59H44N2O3PS2+. The highest BCUT2D eigenvalue weighted by atomic mass is 32.1. The molecule has 1 aliphatic heterocycles. The molecule has 0 bridgehead atoms.